The van der Waals surface area contributed by atoms with Crippen molar-refractivity contribution >= 4 is 34.1 Å². The number of hydrogen-bond acceptors (Lipinski definition) is 2. The number of anilines is 1. The number of amides is 1. The third kappa shape index (κ3) is 3.75. The van der Waals surface area contributed by atoms with Gasteiger partial charge in [-0.1, -0.05) is 17.7 Å². The quantitative estimate of drug-likeness (QED) is 0.479. The first-order chi connectivity index (χ1) is 14.0. The lowest BCUT2D eigenvalue weighted by atomic mass is 10.1. The van der Waals surface area contributed by atoms with Crippen LogP contribution in [-0.4, -0.2) is 10.5 Å². The zero-order valence-electron chi connectivity index (χ0n) is 15.7. The molecule has 1 aromatic heterocycles. The number of halogens is 2. The van der Waals surface area contributed by atoms with Crippen LogP contribution in [0.4, 0.5) is 10.1 Å². The van der Waals surface area contributed by atoms with Gasteiger partial charge in [0.1, 0.15) is 5.82 Å². The van der Waals surface area contributed by atoms with E-state index in [9.17, 15) is 9.18 Å². The first-order valence-corrected chi connectivity index (χ1v) is 9.49. The molecule has 0 saturated carbocycles. The molecule has 0 atom stereocenters. The molecule has 0 saturated heterocycles. The van der Waals surface area contributed by atoms with Crippen LogP contribution in [0.1, 0.15) is 15.9 Å². The summed E-state index contributed by atoms with van der Waals surface area (Å²) in [7, 11) is 1.96. The monoisotopic (exact) mass is 407 g/mol. The maximum atomic E-state index is 13.2. The van der Waals surface area contributed by atoms with E-state index >= 15 is 0 Å². The molecule has 6 heteroatoms. The van der Waals surface area contributed by atoms with Gasteiger partial charge in [-0.05, 0) is 71.8 Å². The number of benzene rings is 3. The van der Waals surface area contributed by atoms with Crippen molar-refractivity contribution in [1.29, 1.82) is 0 Å². The molecule has 0 aliphatic carbocycles. The van der Waals surface area contributed by atoms with Crippen molar-refractivity contribution in [2.75, 3.05) is 5.32 Å². The zero-order valence-corrected chi connectivity index (χ0v) is 16.5. The van der Waals surface area contributed by atoms with Gasteiger partial charge >= 0.3 is 0 Å². The summed E-state index contributed by atoms with van der Waals surface area (Å²) in [6, 6.07) is 19.3. The predicted octanol–water partition coefficient (Wildman–Crippen LogP) is 5.35. The van der Waals surface area contributed by atoms with E-state index in [-0.39, 0.29) is 11.7 Å². The summed E-state index contributed by atoms with van der Waals surface area (Å²) in [6.07, 6.45) is 0. The Balaban J connectivity index is 1.66. The van der Waals surface area contributed by atoms with Gasteiger partial charge in [-0.3, -0.25) is 4.79 Å². The minimum absolute atomic E-state index is 0.269. The molecule has 0 radical (unpaired) electrons. The number of hydrogen-bond donors (Lipinski definition) is 2. The fourth-order valence-electron chi connectivity index (χ4n) is 3.40. The average molecular weight is 408 g/mol. The Morgan fingerprint density at radius 2 is 1.83 bits per heavy atom. The van der Waals surface area contributed by atoms with Crippen molar-refractivity contribution in [2.24, 2.45) is 12.8 Å². The highest BCUT2D eigenvalue weighted by atomic mass is 35.5. The first-order valence-electron chi connectivity index (χ1n) is 9.11. The fraction of sp³-hybridized carbons (Fsp3) is 0.0870. The van der Waals surface area contributed by atoms with Gasteiger partial charge in [-0.2, -0.15) is 0 Å². The third-order valence-electron chi connectivity index (χ3n) is 4.95. The summed E-state index contributed by atoms with van der Waals surface area (Å²) in [5.41, 5.74) is 10.4. The lowest BCUT2D eigenvalue weighted by molar-refractivity contribution is 0.102. The highest BCUT2D eigenvalue weighted by molar-refractivity contribution is 6.34. The molecule has 0 unspecified atom stereocenters. The molecule has 4 nitrogen and oxygen atoms in total. The highest BCUT2D eigenvalue weighted by Gasteiger charge is 2.13. The van der Waals surface area contributed by atoms with Crippen molar-refractivity contribution in [1.82, 2.24) is 4.57 Å². The topological polar surface area (TPSA) is 60.0 Å². The van der Waals surface area contributed by atoms with Crippen molar-refractivity contribution < 1.29 is 9.18 Å². The van der Waals surface area contributed by atoms with Crippen LogP contribution in [0.15, 0.2) is 66.7 Å². The van der Waals surface area contributed by atoms with E-state index in [4.69, 9.17) is 17.3 Å². The first kappa shape index (κ1) is 19.2. The molecule has 4 aromatic rings. The molecule has 0 spiro atoms. The Kier molecular flexibility index (Phi) is 5.09. The molecule has 0 fully saturated rings. The van der Waals surface area contributed by atoms with Gasteiger partial charge in [0.05, 0.1) is 10.6 Å². The lowest BCUT2D eigenvalue weighted by Crippen LogP contribution is -2.13. The minimum Gasteiger partial charge on any atom is -0.344 e. The SMILES string of the molecule is Cn1c(-c2ccc(F)cc2)cc2cc(NC(=O)c3cc(CN)ccc3Cl)ccc21. The number of nitrogens with zero attached hydrogens (tertiary/aromatic N) is 1. The van der Waals surface area contributed by atoms with Crippen LogP contribution >= 0.6 is 11.6 Å². The lowest BCUT2D eigenvalue weighted by Gasteiger charge is -2.09. The van der Waals surface area contributed by atoms with Crippen molar-refractivity contribution in [3.05, 3.63) is 88.7 Å². The third-order valence-corrected chi connectivity index (χ3v) is 5.28. The van der Waals surface area contributed by atoms with Crippen LogP contribution in [-0.2, 0) is 13.6 Å². The van der Waals surface area contributed by atoms with E-state index in [1.165, 1.54) is 12.1 Å². The van der Waals surface area contributed by atoms with Gasteiger partial charge in [0.15, 0.2) is 0 Å². The molecule has 4 rings (SSSR count). The van der Waals surface area contributed by atoms with E-state index in [1.807, 2.05) is 35.9 Å². The number of carbonyl (C=O) groups is 1. The van der Waals surface area contributed by atoms with Gasteiger partial charge < -0.3 is 15.6 Å². The second-order valence-corrected chi connectivity index (χ2v) is 7.25. The number of carbonyl (C=O) groups excluding carboxylic acids is 1. The summed E-state index contributed by atoms with van der Waals surface area (Å²) in [4.78, 5) is 12.7. The number of aryl methyl sites for hydroxylation is 1. The summed E-state index contributed by atoms with van der Waals surface area (Å²) in [6.45, 7) is 0.333. The molecule has 0 bridgehead atoms. The molecule has 3 aromatic carbocycles. The van der Waals surface area contributed by atoms with Gasteiger partial charge in [0.25, 0.3) is 5.91 Å². The second-order valence-electron chi connectivity index (χ2n) is 6.84. The molecular formula is C23H19ClFN3O. The van der Waals surface area contributed by atoms with Crippen molar-refractivity contribution in [3.63, 3.8) is 0 Å². The molecule has 0 aliphatic heterocycles. The maximum Gasteiger partial charge on any atom is 0.257 e. The van der Waals surface area contributed by atoms with Gasteiger partial charge in [0, 0.05) is 35.9 Å². The van der Waals surface area contributed by atoms with Gasteiger partial charge in [0.2, 0.25) is 0 Å². The molecule has 3 N–H and O–H groups in total. The zero-order chi connectivity index (χ0) is 20.5. The van der Waals surface area contributed by atoms with E-state index in [0.29, 0.717) is 22.8 Å². The van der Waals surface area contributed by atoms with Crippen molar-refractivity contribution in [2.45, 2.75) is 6.54 Å². The van der Waals surface area contributed by atoms with Gasteiger partial charge in [-0.15, -0.1) is 0 Å². The Morgan fingerprint density at radius 3 is 2.55 bits per heavy atom. The summed E-state index contributed by atoms with van der Waals surface area (Å²) in [5, 5.41) is 4.23. The molecule has 146 valence electrons. The standard InChI is InChI=1S/C23H19ClFN3O/c1-28-21-9-7-18(27-23(29)19-10-14(13-26)2-8-20(19)24)11-16(21)12-22(28)15-3-5-17(25)6-4-15/h2-12H,13,26H2,1H3,(H,27,29). The van der Waals surface area contributed by atoms with Gasteiger partial charge in [-0.25, -0.2) is 4.39 Å². The number of nitrogens with two attached hydrogens (primary N) is 1. The largest absolute Gasteiger partial charge is 0.344 e. The predicted molar refractivity (Wildman–Crippen MR) is 116 cm³/mol. The van der Waals surface area contributed by atoms with Crippen LogP contribution in [0.5, 0.6) is 0 Å². The van der Waals surface area contributed by atoms with Crippen LogP contribution < -0.4 is 11.1 Å². The molecular weight excluding hydrogens is 389 g/mol. The van der Waals surface area contributed by atoms with Crippen LogP contribution in [0.3, 0.4) is 0 Å². The molecule has 0 aliphatic rings. The Hall–Kier alpha value is -3.15. The summed E-state index contributed by atoms with van der Waals surface area (Å²) < 4.78 is 15.3. The number of nitrogens with one attached hydrogen (secondary N) is 1. The number of fused-ring (bicyclic) bond motifs is 1. The normalized spacial score (nSPS) is 11.0. The highest BCUT2D eigenvalue weighted by Crippen LogP contribution is 2.29. The number of aromatic nitrogens is 1. The summed E-state index contributed by atoms with van der Waals surface area (Å²) >= 11 is 6.18. The van der Waals surface area contributed by atoms with Crippen LogP contribution in [0.2, 0.25) is 5.02 Å². The average Bonchev–Trinajstić information content (AvgIpc) is 3.05. The van der Waals surface area contributed by atoms with E-state index in [1.54, 1.807) is 30.3 Å². The van der Waals surface area contributed by atoms with Crippen molar-refractivity contribution in [3.8, 4) is 11.3 Å². The Labute approximate surface area is 172 Å². The second kappa shape index (κ2) is 7.70. The fourth-order valence-corrected chi connectivity index (χ4v) is 3.60. The Morgan fingerprint density at radius 1 is 1.07 bits per heavy atom. The molecule has 1 amide bonds. The minimum atomic E-state index is -0.292. The molecule has 29 heavy (non-hydrogen) atoms. The maximum absolute atomic E-state index is 13.2. The molecule has 1 heterocycles. The van der Waals surface area contributed by atoms with E-state index in [2.05, 4.69) is 5.32 Å². The van der Waals surface area contributed by atoms with E-state index in [0.717, 1.165) is 27.7 Å². The van der Waals surface area contributed by atoms with E-state index < -0.39 is 0 Å². The van der Waals surface area contributed by atoms with Crippen LogP contribution in [0, 0.1) is 5.82 Å². The summed E-state index contributed by atoms with van der Waals surface area (Å²) in [5.74, 6) is -0.561. The van der Waals surface area contributed by atoms with Crippen LogP contribution in [0.25, 0.3) is 22.2 Å². The number of rotatable bonds is 4. The Bertz CT molecular complexity index is 1220. The smallest absolute Gasteiger partial charge is 0.257 e.